The van der Waals surface area contributed by atoms with E-state index < -0.39 is 39.5 Å². The van der Waals surface area contributed by atoms with Gasteiger partial charge >= 0.3 is 11.4 Å². The molecule has 0 spiro atoms. The first-order valence-electron chi connectivity index (χ1n) is 7.11. The van der Waals surface area contributed by atoms with Gasteiger partial charge in [0.25, 0.3) is 11.7 Å². The van der Waals surface area contributed by atoms with Gasteiger partial charge in [-0.1, -0.05) is 23.2 Å². The Kier molecular flexibility index (Phi) is 6.37. The van der Waals surface area contributed by atoms with Crippen molar-refractivity contribution in [2.24, 2.45) is 0 Å². The highest BCUT2D eigenvalue weighted by molar-refractivity contribution is 6.35. The van der Waals surface area contributed by atoms with E-state index in [2.05, 4.69) is 5.32 Å². The van der Waals surface area contributed by atoms with Crippen LogP contribution in [-0.4, -0.2) is 29.5 Å². The molecule has 0 saturated heterocycles. The van der Waals surface area contributed by atoms with Crippen molar-refractivity contribution in [1.29, 1.82) is 0 Å². The van der Waals surface area contributed by atoms with E-state index in [0.717, 1.165) is 19.2 Å². The lowest BCUT2D eigenvalue weighted by molar-refractivity contribution is -0.395. The zero-order valence-corrected chi connectivity index (χ0v) is 15.1. The molecule has 12 heteroatoms. The molecule has 2 aromatic carbocycles. The Labute approximate surface area is 161 Å². The fraction of sp³-hybridized carbons (Fsp3) is 0.133. The number of ether oxygens (including phenoxy) is 2. The number of halogens is 2. The highest BCUT2D eigenvalue weighted by atomic mass is 35.5. The van der Waals surface area contributed by atoms with Crippen molar-refractivity contribution >= 4 is 46.2 Å². The van der Waals surface area contributed by atoms with Gasteiger partial charge in [-0.25, -0.2) is 0 Å². The summed E-state index contributed by atoms with van der Waals surface area (Å²) in [5, 5.41) is 25.1. The van der Waals surface area contributed by atoms with Crippen molar-refractivity contribution in [3.63, 3.8) is 0 Å². The fourth-order valence-electron chi connectivity index (χ4n) is 2.08. The number of benzene rings is 2. The van der Waals surface area contributed by atoms with Gasteiger partial charge in [0, 0.05) is 17.2 Å². The minimum Gasteiger partial charge on any atom is -0.485 e. The Hall–Kier alpha value is -3.11. The van der Waals surface area contributed by atoms with Gasteiger partial charge in [-0.3, -0.25) is 25.0 Å². The second kappa shape index (κ2) is 8.52. The number of amides is 1. The summed E-state index contributed by atoms with van der Waals surface area (Å²) in [7, 11) is 1.07. The van der Waals surface area contributed by atoms with E-state index in [1.807, 2.05) is 0 Å². The number of methoxy groups -OCH3 is 1. The molecular formula is C15H11Cl2N3O7. The molecule has 0 unspecified atom stereocenters. The van der Waals surface area contributed by atoms with Crippen LogP contribution in [0.1, 0.15) is 0 Å². The average Bonchev–Trinajstić information content (AvgIpc) is 2.60. The number of nitrogens with one attached hydrogen (secondary N) is 1. The Morgan fingerprint density at radius 3 is 2.19 bits per heavy atom. The molecule has 27 heavy (non-hydrogen) atoms. The van der Waals surface area contributed by atoms with Crippen LogP contribution in [0.5, 0.6) is 11.5 Å². The van der Waals surface area contributed by atoms with E-state index in [1.54, 1.807) is 0 Å². The van der Waals surface area contributed by atoms with Gasteiger partial charge in [-0.2, -0.15) is 0 Å². The second-order valence-electron chi connectivity index (χ2n) is 4.97. The van der Waals surface area contributed by atoms with Crippen LogP contribution >= 0.6 is 23.2 Å². The quantitative estimate of drug-likeness (QED) is 0.535. The number of nitro groups is 2. The normalized spacial score (nSPS) is 10.2. The lowest BCUT2D eigenvalue weighted by atomic mass is 10.2. The summed E-state index contributed by atoms with van der Waals surface area (Å²) in [5.74, 6) is -1.04. The van der Waals surface area contributed by atoms with Crippen LogP contribution in [0.4, 0.5) is 17.1 Å². The van der Waals surface area contributed by atoms with Gasteiger partial charge in [-0.15, -0.1) is 0 Å². The molecular weight excluding hydrogens is 405 g/mol. The monoisotopic (exact) mass is 415 g/mol. The summed E-state index contributed by atoms with van der Waals surface area (Å²) < 4.78 is 9.97. The highest BCUT2D eigenvalue weighted by Crippen LogP contribution is 2.39. The summed E-state index contributed by atoms with van der Waals surface area (Å²) in [6, 6.07) is 6.28. The third kappa shape index (κ3) is 4.96. The van der Waals surface area contributed by atoms with Crippen LogP contribution in [0.25, 0.3) is 0 Å². The molecule has 0 fully saturated rings. The van der Waals surface area contributed by atoms with Gasteiger partial charge in [0.15, 0.2) is 6.61 Å². The van der Waals surface area contributed by atoms with Crippen molar-refractivity contribution in [2.45, 2.75) is 0 Å². The van der Waals surface area contributed by atoms with E-state index in [1.165, 1.54) is 18.2 Å². The third-order valence-corrected chi connectivity index (χ3v) is 3.71. The lowest BCUT2D eigenvalue weighted by Crippen LogP contribution is -2.20. The van der Waals surface area contributed by atoms with E-state index in [4.69, 9.17) is 32.7 Å². The largest absolute Gasteiger partial charge is 0.485 e. The third-order valence-electron chi connectivity index (χ3n) is 3.18. The van der Waals surface area contributed by atoms with E-state index >= 15 is 0 Å². The van der Waals surface area contributed by atoms with Crippen LogP contribution in [0, 0.1) is 20.2 Å². The molecule has 2 rings (SSSR count). The molecule has 0 aromatic heterocycles. The number of hydrogen-bond acceptors (Lipinski definition) is 7. The van der Waals surface area contributed by atoms with E-state index in [-0.39, 0.29) is 16.5 Å². The smallest absolute Gasteiger partial charge is 0.320 e. The molecule has 2 aromatic rings. The molecule has 0 aliphatic carbocycles. The van der Waals surface area contributed by atoms with Crippen LogP contribution in [-0.2, 0) is 4.79 Å². The molecule has 0 aliphatic rings. The Bertz CT molecular complexity index is 885. The predicted octanol–water partition coefficient (Wildman–Crippen LogP) is 3.84. The number of anilines is 1. The van der Waals surface area contributed by atoms with Crippen molar-refractivity contribution in [3.8, 4) is 11.5 Å². The van der Waals surface area contributed by atoms with E-state index in [9.17, 15) is 25.0 Å². The first kappa shape index (κ1) is 20.2. The second-order valence-corrected chi connectivity index (χ2v) is 5.82. The zero-order valence-electron chi connectivity index (χ0n) is 13.6. The minimum absolute atomic E-state index is 0.162. The number of hydrogen-bond donors (Lipinski definition) is 1. The summed E-state index contributed by atoms with van der Waals surface area (Å²) in [4.78, 5) is 32.5. The molecule has 0 aliphatic heterocycles. The Morgan fingerprint density at radius 1 is 1.11 bits per heavy atom. The molecule has 0 atom stereocenters. The number of rotatable bonds is 7. The number of nitro benzene ring substituents is 2. The van der Waals surface area contributed by atoms with Crippen molar-refractivity contribution < 1.29 is 24.1 Å². The minimum atomic E-state index is -0.856. The molecule has 1 N–H and O–H groups in total. The van der Waals surface area contributed by atoms with Crippen molar-refractivity contribution in [3.05, 3.63) is 60.6 Å². The van der Waals surface area contributed by atoms with Crippen LogP contribution in [0.15, 0.2) is 30.3 Å². The van der Waals surface area contributed by atoms with Crippen LogP contribution in [0.3, 0.4) is 0 Å². The van der Waals surface area contributed by atoms with Gasteiger partial charge in [0.2, 0.25) is 0 Å². The summed E-state index contributed by atoms with van der Waals surface area (Å²) in [6.45, 7) is -0.491. The Morgan fingerprint density at radius 2 is 1.70 bits per heavy atom. The molecule has 0 saturated carbocycles. The fourth-order valence-corrected chi connectivity index (χ4v) is 2.55. The van der Waals surface area contributed by atoms with Gasteiger partial charge in [0.05, 0.1) is 27.7 Å². The maximum absolute atomic E-state index is 12.0. The SMILES string of the molecule is COc1c([N+](=O)[O-])cc(NC(=O)COc2ccc(Cl)cc2Cl)cc1[N+](=O)[O-]. The lowest BCUT2D eigenvalue weighted by Gasteiger charge is -2.10. The van der Waals surface area contributed by atoms with Crippen LogP contribution < -0.4 is 14.8 Å². The molecule has 0 bridgehead atoms. The summed E-state index contributed by atoms with van der Waals surface area (Å²) >= 11 is 11.7. The number of carbonyl (C=O) groups excluding carboxylic acids is 1. The van der Waals surface area contributed by atoms with Crippen molar-refractivity contribution in [2.75, 3.05) is 19.0 Å². The standard InChI is InChI=1S/C15H11Cl2N3O7/c1-26-15-11(19(22)23)5-9(6-12(15)20(24)25)18-14(21)7-27-13-3-2-8(16)4-10(13)17/h2-6H,7H2,1H3,(H,18,21). The van der Waals surface area contributed by atoms with Gasteiger partial charge in [0.1, 0.15) is 5.75 Å². The summed E-state index contributed by atoms with van der Waals surface area (Å²) in [5.41, 5.74) is -1.49. The zero-order chi connectivity index (χ0) is 20.1. The van der Waals surface area contributed by atoms with Gasteiger partial charge < -0.3 is 14.8 Å². The molecule has 0 heterocycles. The number of nitrogens with zero attached hydrogens (tertiary/aromatic N) is 2. The highest BCUT2D eigenvalue weighted by Gasteiger charge is 2.28. The first-order chi connectivity index (χ1) is 12.7. The number of carbonyl (C=O) groups is 1. The first-order valence-corrected chi connectivity index (χ1v) is 7.87. The topological polar surface area (TPSA) is 134 Å². The van der Waals surface area contributed by atoms with Gasteiger partial charge in [-0.05, 0) is 18.2 Å². The Balaban J connectivity index is 2.19. The van der Waals surface area contributed by atoms with Crippen LogP contribution in [0.2, 0.25) is 10.0 Å². The molecule has 1 amide bonds. The van der Waals surface area contributed by atoms with Crippen molar-refractivity contribution in [1.82, 2.24) is 0 Å². The maximum Gasteiger partial charge on any atom is 0.320 e. The van der Waals surface area contributed by atoms with E-state index in [0.29, 0.717) is 5.02 Å². The molecule has 0 radical (unpaired) electrons. The predicted molar refractivity (Wildman–Crippen MR) is 96.9 cm³/mol. The molecule has 142 valence electrons. The summed E-state index contributed by atoms with van der Waals surface area (Å²) in [6.07, 6.45) is 0. The average molecular weight is 416 g/mol. The molecule has 10 nitrogen and oxygen atoms in total. The maximum atomic E-state index is 12.0.